The average Bonchev–Trinajstić information content (AvgIpc) is 3.67. The van der Waals surface area contributed by atoms with Crippen molar-refractivity contribution in [3.8, 4) is 56.8 Å². The van der Waals surface area contributed by atoms with E-state index in [1.165, 1.54) is 5.39 Å². The number of rotatable bonds is 4. The van der Waals surface area contributed by atoms with E-state index in [0.717, 1.165) is 116 Å². The summed E-state index contributed by atoms with van der Waals surface area (Å²) < 4.78 is 7.14. The van der Waals surface area contributed by atoms with Crippen LogP contribution in [0.25, 0.3) is 67.0 Å². The third-order valence-corrected chi connectivity index (χ3v) is 14.6. The first kappa shape index (κ1) is 37.0. The molecule has 0 fully saturated rings. The molecule has 8 aromatic carbocycles. The van der Waals surface area contributed by atoms with Crippen LogP contribution >= 0.6 is 11.8 Å². The second kappa shape index (κ2) is 14.3. The van der Waals surface area contributed by atoms with E-state index in [9.17, 15) is 0 Å². The van der Waals surface area contributed by atoms with Crippen LogP contribution in [-0.2, 0) is 5.41 Å². The lowest BCUT2D eigenvalue weighted by molar-refractivity contribution is 0.426. The highest BCUT2D eigenvalue weighted by atomic mass is 32.2. The number of benzene rings is 8. The quantitative estimate of drug-likeness (QED) is 0.175. The first-order chi connectivity index (χ1) is 32.7. The molecule has 3 aliphatic rings. The summed E-state index contributed by atoms with van der Waals surface area (Å²) in [6, 6.07) is 72.5. The zero-order valence-corrected chi connectivity index (χ0v) is 36.1. The van der Waals surface area contributed by atoms with Gasteiger partial charge in [-0.1, -0.05) is 163 Å². The summed E-state index contributed by atoms with van der Waals surface area (Å²) in [4.78, 5) is 26.0. The van der Waals surface area contributed by atoms with Crippen LogP contribution in [0, 0.1) is 0 Å². The fourth-order valence-corrected chi connectivity index (χ4v) is 11.8. The third kappa shape index (κ3) is 5.26. The lowest BCUT2D eigenvalue weighted by atomic mass is 9.66. The van der Waals surface area contributed by atoms with Crippen LogP contribution in [0.4, 0.5) is 17.1 Å². The highest BCUT2D eigenvalue weighted by Crippen LogP contribution is 2.65. The van der Waals surface area contributed by atoms with Crippen LogP contribution in [-0.4, -0.2) is 19.9 Å². The van der Waals surface area contributed by atoms with Crippen molar-refractivity contribution in [3.05, 3.63) is 235 Å². The summed E-state index contributed by atoms with van der Waals surface area (Å²) in [5, 5.41) is 3.33. The molecule has 7 heteroatoms. The predicted molar refractivity (Wildman–Crippen MR) is 265 cm³/mol. The molecule has 1 unspecified atom stereocenters. The van der Waals surface area contributed by atoms with Crippen molar-refractivity contribution in [2.45, 2.75) is 15.2 Å². The Bertz CT molecular complexity index is 3810. The molecule has 6 nitrogen and oxygen atoms in total. The molecule has 14 rings (SSSR count). The zero-order valence-electron chi connectivity index (χ0n) is 35.3. The monoisotopic (exact) mass is 861 g/mol. The van der Waals surface area contributed by atoms with Gasteiger partial charge in [0, 0.05) is 50.0 Å². The molecular weight excluding hydrogens is 827 g/mol. The van der Waals surface area contributed by atoms with E-state index in [-0.39, 0.29) is 0 Å². The van der Waals surface area contributed by atoms with Crippen molar-refractivity contribution in [2.24, 2.45) is 0 Å². The van der Waals surface area contributed by atoms with E-state index < -0.39 is 5.41 Å². The van der Waals surface area contributed by atoms with Gasteiger partial charge in [-0.25, -0.2) is 15.0 Å². The molecule has 0 N–H and O–H groups in total. The van der Waals surface area contributed by atoms with Gasteiger partial charge in [0.2, 0.25) is 0 Å². The maximum absolute atomic E-state index is 7.14. The summed E-state index contributed by atoms with van der Waals surface area (Å²) in [7, 11) is 0. The Balaban J connectivity index is 0.973. The molecule has 1 atom stereocenters. The number of hydrogen-bond acceptors (Lipinski definition) is 7. The number of para-hydroxylation sites is 4. The zero-order chi connectivity index (χ0) is 43.3. The second-order valence-electron chi connectivity index (χ2n) is 16.9. The maximum Gasteiger partial charge on any atom is 0.161 e. The number of hydrogen-bond donors (Lipinski definition) is 0. The third-order valence-electron chi connectivity index (χ3n) is 13.4. The number of anilines is 3. The fourth-order valence-electron chi connectivity index (χ4n) is 10.6. The van der Waals surface area contributed by atoms with Gasteiger partial charge in [0.1, 0.15) is 11.5 Å². The Hall–Kier alpha value is -8.39. The molecule has 11 aromatic rings. The minimum atomic E-state index is -0.757. The first-order valence-corrected chi connectivity index (χ1v) is 22.9. The number of aromatic nitrogens is 4. The van der Waals surface area contributed by atoms with Crippen molar-refractivity contribution >= 4 is 50.5 Å². The second-order valence-corrected chi connectivity index (χ2v) is 17.9. The predicted octanol–water partition coefficient (Wildman–Crippen LogP) is 15.0. The van der Waals surface area contributed by atoms with Crippen molar-refractivity contribution < 1.29 is 4.74 Å². The Kier molecular flexibility index (Phi) is 8.03. The van der Waals surface area contributed by atoms with Crippen LogP contribution < -0.4 is 9.64 Å². The van der Waals surface area contributed by atoms with Crippen molar-refractivity contribution in [1.29, 1.82) is 0 Å². The average molecular weight is 862 g/mol. The van der Waals surface area contributed by atoms with E-state index in [1.807, 2.05) is 18.3 Å². The highest BCUT2D eigenvalue weighted by Gasteiger charge is 2.53. The van der Waals surface area contributed by atoms with Crippen LogP contribution in [0.5, 0.6) is 11.5 Å². The molecular formula is C59H35N5OS. The molecule has 3 aromatic heterocycles. The van der Waals surface area contributed by atoms with Gasteiger partial charge in [0.25, 0.3) is 0 Å². The van der Waals surface area contributed by atoms with E-state index in [4.69, 9.17) is 24.7 Å². The smallest absolute Gasteiger partial charge is 0.161 e. The molecule has 1 aliphatic carbocycles. The standard InChI is InChI=1S/C59H35N5OS/c1-2-18-37(19-3-1)64-49-28-11-13-30-52(49)66-57-50(64)34-32-46-56(57)65-51-29-12-9-25-43(51)59(46)44-26-15-35-60-54(44)55-45(59)31-33-48(61-55)39-21-6-7-22-41(39)58-62-47-27-10-8-23-42(47)53(63-58)40-24-14-17-36-16-4-5-20-38(36)40/h1-35H. The summed E-state index contributed by atoms with van der Waals surface area (Å²) in [5.41, 5.74) is 14.0. The van der Waals surface area contributed by atoms with Gasteiger partial charge < -0.3 is 9.64 Å². The fraction of sp³-hybridized carbons (Fsp3) is 0.0169. The maximum atomic E-state index is 7.14. The van der Waals surface area contributed by atoms with Gasteiger partial charge in [-0.05, 0) is 76.5 Å². The molecule has 0 saturated carbocycles. The largest absolute Gasteiger partial charge is 0.455 e. The van der Waals surface area contributed by atoms with Crippen molar-refractivity contribution in [2.75, 3.05) is 4.90 Å². The molecule has 0 saturated heterocycles. The Morgan fingerprint density at radius 3 is 2.11 bits per heavy atom. The van der Waals surface area contributed by atoms with E-state index in [1.54, 1.807) is 11.8 Å². The Morgan fingerprint density at radius 2 is 1.17 bits per heavy atom. The molecule has 5 heterocycles. The number of pyridine rings is 2. The molecule has 66 heavy (non-hydrogen) atoms. The van der Waals surface area contributed by atoms with Crippen LogP contribution in [0.3, 0.4) is 0 Å². The summed E-state index contributed by atoms with van der Waals surface area (Å²) in [6.45, 7) is 0. The van der Waals surface area contributed by atoms with E-state index >= 15 is 0 Å². The Morgan fingerprint density at radius 1 is 0.455 bits per heavy atom. The molecule has 308 valence electrons. The molecule has 1 spiro atoms. The molecule has 0 amide bonds. The van der Waals surface area contributed by atoms with Crippen LogP contribution in [0.1, 0.15) is 22.3 Å². The summed E-state index contributed by atoms with van der Waals surface area (Å²) >= 11 is 1.76. The minimum Gasteiger partial charge on any atom is -0.455 e. The number of nitrogens with zero attached hydrogens (tertiary/aromatic N) is 5. The van der Waals surface area contributed by atoms with Gasteiger partial charge in [-0.3, -0.25) is 4.98 Å². The van der Waals surface area contributed by atoms with Gasteiger partial charge in [-0.2, -0.15) is 0 Å². The summed E-state index contributed by atoms with van der Waals surface area (Å²) in [5.74, 6) is 2.31. The summed E-state index contributed by atoms with van der Waals surface area (Å²) in [6.07, 6.45) is 1.88. The van der Waals surface area contributed by atoms with Crippen LogP contribution in [0.15, 0.2) is 222 Å². The molecule has 0 radical (unpaired) electrons. The van der Waals surface area contributed by atoms with E-state index in [2.05, 4.69) is 199 Å². The number of fused-ring (bicyclic) bond motifs is 14. The van der Waals surface area contributed by atoms with E-state index in [0.29, 0.717) is 5.82 Å². The molecule has 0 bridgehead atoms. The topological polar surface area (TPSA) is 64.0 Å². The normalized spacial score (nSPS) is 15.1. The van der Waals surface area contributed by atoms with Gasteiger partial charge in [0.05, 0.1) is 50.0 Å². The van der Waals surface area contributed by atoms with Crippen molar-refractivity contribution in [3.63, 3.8) is 0 Å². The van der Waals surface area contributed by atoms with Gasteiger partial charge in [0.15, 0.2) is 5.82 Å². The molecule has 2 aliphatic heterocycles. The lowest BCUT2D eigenvalue weighted by Crippen LogP contribution is -2.33. The van der Waals surface area contributed by atoms with Gasteiger partial charge in [-0.15, -0.1) is 0 Å². The SMILES string of the molecule is c1ccc(N2c3ccccc3Sc3c2ccc2c3Oc3ccccc3C23c2cccnc2-c2nc(-c4ccccc4-c4nc(-c5cccc6ccccc56)c5ccccc5n4)ccc23)cc1. The number of ether oxygens (including phenoxy) is 1. The first-order valence-electron chi connectivity index (χ1n) is 22.1. The van der Waals surface area contributed by atoms with Crippen LogP contribution in [0.2, 0.25) is 0 Å². The van der Waals surface area contributed by atoms with Gasteiger partial charge >= 0.3 is 0 Å². The lowest BCUT2D eigenvalue weighted by Gasteiger charge is -2.41. The Labute approximate surface area is 384 Å². The highest BCUT2D eigenvalue weighted by molar-refractivity contribution is 7.99. The minimum absolute atomic E-state index is 0.644. The van der Waals surface area contributed by atoms with Crippen molar-refractivity contribution in [1.82, 2.24) is 19.9 Å².